The SMILES string of the molecule is C=C(C)c1ccc2c(c1)CCC1C(C)(C(=O)OC)CCCC21C.CC.CC.CC.CC.COC(=O)C1(C)CCCC2(C)c3ccc(C(C)C)cc3C=CC12.COC(=O)C1(C)CCCC2(C)c3ccc(C(C)C)cc3N(C)C(=O)CC12.COC1(C)CCCC2(C)c3ccc(C(C)C)cc3CCC12.COCC1(C)CCCC2(C)c3ccc(C(C)C(=O)OC)cc3CCC12. The Morgan fingerprint density at radius 1 is 0.429 bits per heavy atom. The fourth-order valence-corrected chi connectivity index (χ4v) is 26.1. The zero-order valence-electron chi connectivity index (χ0n) is 85.4. The third kappa shape index (κ3) is 20.5. The van der Waals surface area contributed by atoms with Gasteiger partial charge in [0, 0.05) is 44.7 Å². The summed E-state index contributed by atoms with van der Waals surface area (Å²) in [5, 5.41) is 0. The summed E-state index contributed by atoms with van der Waals surface area (Å²) in [4.78, 5) is 64.4. The third-order valence-electron chi connectivity index (χ3n) is 33.2. The zero-order valence-corrected chi connectivity index (χ0v) is 85.4. The van der Waals surface area contributed by atoms with Crippen LogP contribution < -0.4 is 4.90 Å². The summed E-state index contributed by atoms with van der Waals surface area (Å²) in [5.74, 6) is 2.80. The number of rotatable bonds is 12. The Morgan fingerprint density at radius 3 is 1.31 bits per heavy atom. The van der Waals surface area contributed by atoms with Crippen LogP contribution in [0.1, 0.15) is 404 Å². The van der Waals surface area contributed by atoms with E-state index in [1.54, 1.807) is 16.0 Å². The number of methoxy groups -OCH3 is 6. The molecule has 16 atom stereocenters. The van der Waals surface area contributed by atoms with Crippen molar-refractivity contribution in [3.05, 3.63) is 182 Å². The van der Waals surface area contributed by atoms with Gasteiger partial charge in [0.15, 0.2) is 0 Å². The highest BCUT2D eigenvalue weighted by atomic mass is 16.5. The summed E-state index contributed by atoms with van der Waals surface area (Å²) in [5.41, 5.74) is 20.7. The Hall–Kier alpha value is -7.15. The number of anilines is 1. The lowest BCUT2D eigenvalue weighted by Gasteiger charge is -2.55. The number of benzene rings is 5. The molecule has 0 saturated heterocycles. The molecule has 0 N–H and O–H groups in total. The Bertz CT molecular complexity index is 4560. The minimum atomic E-state index is -0.628. The fraction of sp³-hybridized carbons (Fsp3) is 0.658. The van der Waals surface area contributed by atoms with E-state index >= 15 is 0 Å². The van der Waals surface area contributed by atoms with E-state index in [0.717, 1.165) is 100 Å². The van der Waals surface area contributed by atoms with Gasteiger partial charge < -0.3 is 33.3 Å². The molecule has 5 fully saturated rings. The van der Waals surface area contributed by atoms with E-state index < -0.39 is 10.8 Å². The highest BCUT2D eigenvalue weighted by Gasteiger charge is 2.60. The van der Waals surface area contributed by atoms with E-state index in [0.29, 0.717) is 47.3 Å². The molecule has 15 rings (SSSR count). The van der Waals surface area contributed by atoms with Crippen molar-refractivity contribution in [2.75, 3.05) is 61.2 Å². The second-order valence-electron chi connectivity index (χ2n) is 41.3. The molecule has 0 bridgehead atoms. The van der Waals surface area contributed by atoms with Crippen LogP contribution in [0.2, 0.25) is 0 Å². The number of ether oxygens (including phenoxy) is 6. The van der Waals surface area contributed by atoms with Crippen molar-refractivity contribution in [2.24, 2.45) is 51.2 Å². The number of hydrogen-bond acceptors (Lipinski definition) is 11. The second kappa shape index (κ2) is 43.7. The highest BCUT2D eigenvalue weighted by Crippen LogP contribution is 2.63. The van der Waals surface area contributed by atoms with Crippen molar-refractivity contribution in [3.8, 4) is 0 Å². The number of fused-ring (bicyclic) bond motifs is 15. The van der Waals surface area contributed by atoms with E-state index in [9.17, 15) is 24.0 Å². The maximum absolute atomic E-state index is 13.0. The van der Waals surface area contributed by atoms with Crippen molar-refractivity contribution in [2.45, 2.75) is 378 Å². The highest BCUT2D eigenvalue weighted by molar-refractivity contribution is 5.96. The summed E-state index contributed by atoms with van der Waals surface area (Å²) >= 11 is 0. The standard InChI is InChI=1S/C22H31NO3.C22H32O3.2C21H28O2.C20H30O.4C2H6/c1-14(2)15-8-9-16-17(12-15)23(5)19(24)13-18-21(16,3)10-7-11-22(18,4)20(25)26-6;1-15(20(23)25-5)16-7-9-18-17(13-16)8-10-19-21(2,14-24-4)11-6-12-22(18,19)3;2*1-14(2)15-7-9-17-16(13-15)8-10-18-20(17,3)11-6-12-21(18,4)19(22)23-5;1-14(2)15-7-9-17-16(13-15)8-10-18-19(17,3)11-6-12-20(18,4)21-5;4*1-2/h8-9,12,14,18H,7,10-11,13H2,1-6H3;7,9,13,15,19H,6,8,10-12,14H2,1-5H3;7-10,13-14,18H,6,11-12H2,1-5H3;7,9,13,18H,1,6,8,10-12H2,2-5H3;7,9,13-14,18H,6,8,10-12H2,1-5H3;4*1-2H3. The number of aryl methyl sites for hydroxylation is 3. The van der Waals surface area contributed by atoms with Gasteiger partial charge in [-0.25, -0.2) is 0 Å². The van der Waals surface area contributed by atoms with Gasteiger partial charge in [0.1, 0.15) is 0 Å². The number of carbonyl (C=O) groups excluding carboxylic acids is 5. The van der Waals surface area contributed by atoms with Crippen molar-refractivity contribution in [1.82, 2.24) is 0 Å². The molecule has 16 unspecified atom stereocenters. The second-order valence-corrected chi connectivity index (χ2v) is 41.3. The number of esters is 4. The van der Waals surface area contributed by atoms with E-state index in [1.807, 2.05) is 90.5 Å². The van der Waals surface area contributed by atoms with Gasteiger partial charge in [0.25, 0.3) is 0 Å². The zero-order chi connectivity index (χ0) is 94.4. The largest absolute Gasteiger partial charge is 0.469 e. The van der Waals surface area contributed by atoms with Gasteiger partial charge in [0.2, 0.25) is 5.91 Å². The molecule has 5 saturated carbocycles. The normalized spacial score (nSPS) is 30.8. The Kier molecular flexibility index (Phi) is 36.7. The predicted molar refractivity (Wildman–Crippen MR) is 526 cm³/mol. The molecule has 10 aliphatic rings. The lowest BCUT2D eigenvalue weighted by atomic mass is 9.50. The predicted octanol–water partition coefficient (Wildman–Crippen LogP) is 28.3. The average Bonchev–Trinajstić information content (AvgIpc) is 1.04. The Labute approximate surface area is 766 Å². The topological polar surface area (TPSA) is 144 Å². The summed E-state index contributed by atoms with van der Waals surface area (Å²) in [6.45, 7) is 61.1. The molecule has 1 aliphatic heterocycles. The van der Waals surface area contributed by atoms with Crippen LogP contribution in [0.5, 0.6) is 0 Å². The minimum absolute atomic E-state index is 0.0147. The van der Waals surface area contributed by atoms with Crippen molar-refractivity contribution >= 4 is 47.1 Å². The fourth-order valence-electron chi connectivity index (χ4n) is 26.1. The number of nitrogens with zero attached hydrogens (tertiary/aromatic N) is 1. The van der Waals surface area contributed by atoms with Gasteiger partial charge in [-0.2, -0.15) is 0 Å². The first-order chi connectivity index (χ1) is 59.6. The molecule has 1 heterocycles. The van der Waals surface area contributed by atoms with Crippen LogP contribution in [0.3, 0.4) is 0 Å². The average molecular weight is 1730 g/mol. The molecular weight excluding hydrogens is 1560 g/mol. The molecule has 5 aromatic rings. The van der Waals surface area contributed by atoms with Crippen LogP contribution in [0.4, 0.5) is 5.69 Å². The summed E-state index contributed by atoms with van der Waals surface area (Å²) < 4.78 is 32.0. The molecule has 126 heavy (non-hydrogen) atoms. The summed E-state index contributed by atoms with van der Waals surface area (Å²) in [6, 6.07) is 34.1. The van der Waals surface area contributed by atoms with Crippen molar-refractivity contribution in [1.29, 1.82) is 0 Å². The van der Waals surface area contributed by atoms with Crippen LogP contribution in [0.15, 0.2) is 104 Å². The molecule has 0 aromatic heterocycles. The van der Waals surface area contributed by atoms with E-state index in [4.69, 9.17) is 28.4 Å². The van der Waals surface area contributed by atoms with E-state index in [1.165, 1.54) is 147 Å². The van der Waals surface area contributed by atoms with Crippen LogP contribution >= 0.6 is 0 Å². The molecule has 5 aromatic carbocycles. The molecule has 0 radical (unpaired) electrons. The monoisotopic (exact) mass is 1730 g/mol. The van der Waals surface area contributed by atoms with Gasteiger partial charge in [-0.3, -0.25) is 24.0 Å². The number of allylic oxidation sites excluding steroid dienone is 2. The third-order valence-corrected chi connectivity index (χ3v) is 33.2. The minimum Gasteiger partial charge on any atom is -0.469 e. The summed E-state index contributed by atoms with van der Waals surface area (Å²) in [7, 11) is 11.5. The number of carbonyl (C=O) groups is 5. The van der Waals surface area contributed by atoms with Gasteiger partial charge in [0.05, 0.1) is 62.8 Å². The lowest BCUT2D eigenvalue weighted by molar-refractivity contribution is -0.162. The van der Waals surface area contributed by atoms with Crippen LogP contribution in [0.25, 0.3) is 11.6 Å². The molecule has 12 heteroatoms. The van der Waals surface area contributed by atoms with Gasteiger partial charge in [-0.15, -0.1) is 0 Å². The van der Waals surface area contributed by atoms with Crippen molar-refractivity contribution in [3.63, 3.8) is 0 Å². The Morgan fingerprint density at radius 2 is 0.817 bits per heavy atom. The first-order valence-corrected chi connectivity index (χ1v) is 49.2. The van der Waals surface area contributed by atoms with Gasteiger partial charge >= 0.3 is 23.9 Å². The van der Waals surface area contributed by atoms with Crippen LogP contribution in [0, 0.1) is 51.2 Å². The Balaban J connectivity index is 0.000000212. The molecule has 1 amide bonds. The van der Waals surface area contributed by atoms with E-state index in [2.05, 4.69) is 221 Å². The van der Waals surface area contributed by atoms with Gasteiger partial charge in [-0.05, 0) is 303 Å². The number of amides is 1. The van der Waals surface area contributed by atoms with Crippen LogP contribution in [-0.4, -0.2) is 91.7 Å². The first kappa shape index (κ1) is 106. The maximum Gasteiger partial charge on any atom is 0.312 e. The van der Waals surface area contributed by atoms with Gasteiger partial charge in [-0.1, -0.05) is 273 Å². The first-order valence-electron chi connectivity index (χ1n) is 49.2. The van der Waals surface area contributed by atoms with Crippen molar-refractivity contribution < 1.29 is 52.4 Å². The molecular formula is C114H173NO11. The van der Waals surface area contributed by atoms with Crippen LogP contribution in [-0.2, 0) is 98.7 Å². The molecule has 9 aliphatic carbocycles. The molecule has 12 nitrogen and oxygen atoms in total. The maximum atomic E-state index is 13.0. The molecule has 700 valence electrons. The number of hydrogen-bond donors (Lipinski definition) is 0. The quantitative estimate of drug-likeness (QED) is 0.0869. The smallest absolute Gasteiger partial charge is 0.312 e. The molecule has 0 spiro atoms. The lowest BCUT2D eigenvalue weighted by Crippen LogP contribution is -2.53. The van der Waals surface area contributed by atoms with E-state index in [-0.39, 0.29) is 85.6 Å². The summed E-state index contributed by atoms with van der Waals surface area (Å²) in [6.07, 6.45) is 28.3.